The molecule has 2 rings (SSSR count). The molecule has 154 valence electrons. The highest BCUT2D eigenvalue weighted by Gasteiger charge is 2.10. The van der Waals surface area contributed by atoms with Crippen molar-refractivity contribution in [3.05, 3.63) is 59.7 Å². The van der Waals surface area contributed by atoms with E-state index in [-0.39, 0.29) is 24.0 Å². The summed E-state index contributed by atoms with van der Waals surface area (Å²) < 4.78 is 10.6. The summed E-state index contributed by atoms with van der Waals surface area (Å²) in [7, 11) is 5.35. The number of nitrogens with zero attached hydrogens (tertiary/aromatic N) is 2. The highest BCUT2D eigenvalue weighted by atomic mass is 127. The molecule has 7 heteroatoms. The van der Waals surface area contributed by atoms with E-state index in [1.807, 2.05) is 24.3 Å². The van der Waals surface area contributed by atoms with Crippen molar-refractivity contribution in [3.63, 3.8) is 0 Å². The van der Waals surface area contributed by atoms with Crippen molar-refractivity contribution in [1.82, 2.24) is 10.2 Å². The Kier molecular flexibility index (Phi) is 10.7. The Morgan fingerprint density at radius 2 is 1.75 bits per heavy atom. The first kappa shape index (κ1) is 24.0. The zero-order chi connectivity index (χ0) is 19.6. The minimum absolute atomic E-state index is 0. The topological polar surface area (TPSA) is 72.1 Å². The molecule has 0 aliphatic heterocycles. The number of hydrogen-bond donors (Lipinski definition) is 2. The Hall–Kier alpha value is -2.00. The predicted molar refractivity (Wildman–Crippen MR) is 126 cm³/mol. The second-order valence-corrected chi connectivity index (χ2v) is 6.52. The molecule has 0 amide bonds. The SMILES string of the molecule is COc1ccc(CN=C(N)NCC(C)N(C)Cc2ccccc2)cc1OC.I. The van der Waals surface area contributed by atoms with Gasteiger partial charge >= 0.3 is 0 Å². The fraction of sp³-hybridized carbons (Fsp3) is 0.381. The van der Waals surface area contributed by atoms with Crippen LogP contribution in [0, 0.1) is 0 Å². The fourth-order valence-electron chi connectivity index (χ4n) is 2.65. The lowest BCUT2D eigenvalue weighted by molar-refractivity contribution is 0.249. The smallest absolute Gasteiger partial charge is 0.188 e. The molecule has 0 spiro atoms. The van der Waals surface area contributed by atoms with Crippen LogP contribution in [0.25, 0.3) is 0 Å². The second kappa shape index (κ2) is 12.5. The summed E-state index contributed by atoms with van der Waals surface area (Å²) in [5, 5.41) is 3.20. The second-order valence-electron chi connectivity index (χ2n) is 6.52. The van der Waals surface area contributed by atoms with Crippen molar-refractivity contribution in [2.45, 2.75) is 26.1 Å². The van der Waals surface area contributed by atoms with Gasteiger partial charge < -0.3 is 20.5 Å². The zero-order valence-electron chi connectivity index (χ0n) is 17.0. The number of nitrogens with two attached hydrogens (primary N) is 1. The van der Waals surface area contributed by atoms with Gasteiger partial charge in [0.15, 0.2) is 17.5 Å². The predicted octanol–water partition coefficient (Wildman–Crippen LogP) is 3.25. The van der Waals surface area contributed by atoms with Crippen LogP contribution >= 0.6 is 24.0 Å². The molecular formula is C21H31IN4O2. The van der Waals surface area contributed by atoms with Crippen molar-refractivity contribution >= 4 is 29.9 Å². The first-order chi connectivity index (χ1) is 13.0. The number of hydrogen-bond acceptors (Lipinski definition) is 4. The summed E-state index contributed by atoms with van der Waals surface area (Å²) in [6.45, 7) is 4.27. The fourth-order valence-corrected chi connectivity index (χ4v) is 2.65. The normalized spacial score (nSPS) is 12.2. The number of methoxy groups -OCH3 is 2. The number of nitrogens with one attached hydrogen (secondary N) is 1. The average molecular weight is 498 g/mol. The molecule has 0 radical (unpaired) electrons. The van der Waals surface area contributed by atoms with E-state index < -0.39 is 0 Å². The molecule has 0 aliphatic carbocycles. The number of ether oxygens (including phenoxy) is 2. The Labute approximate surface area is 185 Å². The molecule has 0 aliphatic rings. The van der Waals surface area contributed by atoms with E-state index in [2.05, 4.69) is 53.4 Å². The Bertz CT molecular complexity index is 740. The molecule has 3 N–H and O–H groups in total. The number of aliphatic imine (C=N–C) groups is 1. The van der Waals surface area contributed by atoms with Gasteiger partial charge in [0, 0.05) is 19.1 Å². The van der Waals surface area contributed by atoms with Crippen LogP contribution in [0.4, 0.5) is 0 Å². The summed E-state index contributed by atoms with van der Waals surface area (Å²) in [6.07, 6.45) is 0. The van der Waals surface area contributed by atoms with Crippen LogP contribution in [-0.2, 0) is 13.1 Å². The maximum absolute atomic E-state index is 6.01. The number of likely N-dealkylation sites (N-methyl/N-ethyl adjacent to an activating group) is 1. The van der Waals surface area contributed by atoms with E-state index in [1.54, 1.807) is 14.2 Å². The number of halogens is 1. The summed E-state index contributed by atoms with van der Waals surface area (Å²) in [5.41, 5.74) is 8.31. The molecule has 28 heavy (non-hydrogen) atoms. The summed E-state index contributed by atoms with van der Waals surface area (Å²) >= 11 is 0. The minimum atomic E-state index is 0. The van der Waals surface area contributed by atoms with E-state index in [1.165, 1.54) is 5.56 Å². The third-order valence-corrected chi connectivity index (χ3v) is 4.49. The minimum Gasteiger partial charge on any atom is -0.493 e. The van der Waals surface area contributed by atoms with Gasteiger partial charge in [-0.05, 0) is 37.2 Å². The van der Waals surface area contributed by atoms with Crippen LogP contribution in [-0.4, -0.2) is 44.7 Å². The molecule has 0 fully saturated rings. The van der Waals surface area contributed by atoms with Crippen LogP contribution in [0.2, 0.25) is 0 Å². The maximum Gasteiger partial charge on any atom is 0.188 e. The standard InChI is InChI=1S/C21H30N4O2.HI/c1-16(25(2)15-17-8-6-5-7-9-17)13-23-21(22)24-14-18-10-11-19(26-3)20(12-18)27-4;/h5-12,16H,13-15H2,1-4H3,(H3,22,23,24);1H. The Morgan fingerprint density at radius 1 is 1.07 bits per heavy atom. The van der Waals surface area contributed by atoms with Crippen molar-refractivity contribution < 1.29 is 9.47 Å². The largest absolute Gasteiger partial charge is 0.493 e. The monoisotopic (exact) mass is 498 g/mol. The molecule has 0 heterocycles. The average Bonchev–Trinajstić information content (AvgIpc) is 2.70. The first-order valence-corrected chi connectivity index (χ1v) is 9.02. The quantitative estimate of drug-likeness (QED) is 0.316. The van der Waals surface area contributed by atoms with E-state index in [9.17, 15) is 0 Å². The molecule has 6 nitrogen and oxygen atoms in total. The molecule has 2 aromatic carbocycles. The van der Waals surface area contributed by atoms with Gasteiger partial charge in [-0.2, -0.15) is 0 Å². The molecule has 2 aromatic rings. The van der Waals surface area contributed by atoms with E-state index in [0.717, 1.165) is 18.7 Å². The summed E-state index contributed by atoms with van der Waals surface area (Å²) in [5.74, 6) is 1.82. The van der Waals surface area contributed by atoms with Gasteiger partial charge in [0.1, 0.15) is 0 Å². The van der Waals surface area contributed by atoms with Crippen molar-refractivity contribution in [1.29, 1.82) is 0 Å². The van der Waals surface area contributed by atoms with Crippen molar-refractivity contribution in [2.75, 3.05) is 27.8 Å². The molecule has 0 saturated carbocycles. The van der Waals surface area contributed by atoms with E-state index >= 15 is 0 Å². The van der Waals surface area contributed by atoms with Crippen LogP contribution in [0.3, 0.4) is 0 Å². The maximum atomic E-state index is 6.01. The lowest BCUT2D eigenvalue weighted by atomic mass is 10.2. The van der Waals surface area contributed by atoms with Gasteiger partial charge in [-0.15, -0.1) is 24.0 Å². The third-order valence-electron chi connectivity index (χ3n) is 4.49. The highest BCUT2D eigenvalue weighted by Crippen LogP contribution is 2.27. The van der Waals surface area contributed by atoms with Gasteiger partial charge in [0.2, 0.25) is 0 Å². The van der Waals surface area contributed by atoms with Crippen LogP contribution in [0.5, 0.6) is 11.5 Å². The molecule has 1 unspecified atom stereocenters. The van der Waals surface area contributed by atoms with Gasteiger partial charge in [0.25, 0.3) is 0 Å². The van der Waals surface area contributed by atoms with Crippen molar-refractivity contribution in [3.8, 4) is 11.5 Å². The zero-order valence-corrected chi connectivity index (χ0v) is 19.3. The third kappa shape index (κ3) is 7.55. The van der Waals surface area contributed by atoms with Gasteiger partial charge in [-0.3, -0.25) is 4.90 Å². The number of guanidine groups is 1. The molecule has 1 atom stereocenters. The Morgan fingerprint density at radius 3 is 2.39 bits per heavy atom. The highest BCUT2D eigenvalue weighted by molar-refractivity contribution is 14.0. The van der Waals surface area contributed by atoms with Gasteiger partial charge in [-0.1, -0.05) is 36.4 Å². The van der Waals surface area contributed by atoms with Crippen LogP contribution < -0.4 is 20.5 Å². The molecule has 0 aromatic heterocycles. The summed E-state index contributed by atoms with van der Waals surface area (Å²) in [6, 6.07) is 16.5. The Balaban J connectivity index is 0.00000392. The summed E-state index contributed by atoms with van der Waals surface area (Å²) in [4.78, 5) is 6.69. The molecule has 0 saturated heterocycles. The lowest BCUT2D eigenvalue weighted by Gasteiger charge is -2.25. The number of rotatable bonds is 9. The lowest BCUT2D eigenvalue weighted by Crippen LogP contribution is -2.42. The molecular weight excluding hydrogens is 467 g/mol. The molecule has 0 bridgehead atoms. The van der Waals surface area contributed by atoms with Gasteiger partial charge in [0.05, 0.1) is 20.8 Å². The van der Waals surface area contributed by atoms with Crippen LogP contribution in [0.15, 0.2) is 53.5 Å². The first-order valence-electron chi connectivity index (χ1n) is 9.02. The van der Waals surface area contributed by atoms with Crippen LogP contribution in [0.1, 0.15) is 18.1 Å². The van der Waals surface area contributed by atoms with E-state index in [0.29, 0.717) is 30.0 Å². The number of benzene rings is 2. The van der Waals surface area contributed by atoms with E-state index in [4.69, 9.17) is 15.2 Å². The van der Waals surface area contributed by atoms with Crippen molar-refractivity contribution in [2.24, 2.45) is 10.7 Å². The van der Waals surface area contributed by atoms with Gasteiger partial charge in [-0.25, -0.2) is 4.99 Å².